The fourth-order valence-corrected chi connectivity index (χ4v) is 3.46. The van der Waals surface area contributed by atoms with E-state index in [2.05, 4.69) is 17.2 Å². The van der Waals surface area contributed by atoms with E-state index in [0.717, 1.165) is 17.5 Å². The molecule has 1 heterocycles. The Morgan fingerprint density at radius 2 is 1.89 bits per heavy atom. The minimum Gasteiger partial charge on any atom is -0.484 e. The second kappa shape index (κ2) is 8.60. The van der Waals surface area contributed by atoms with Gasteiger partial charge < -0.3 is 4.74 Å². The highest BCUT2D eigenvalue weighted by Crippen LogP contribution is 2.31. The summed E-state index contributed by atoms with van der Waals surface area (Å²) in [6.45, 7) is 3.43. The molecular weight excluding hydrogens is 360 g/mol. The van der Waals surface area contributed by atoms with Gasteiger partial charge >= 0.3 is 0 Å². The third-order valence-electron chi connectivity index (χ3n) is 3.92. The van der Waals surface area contributed by atoms with Crippen molar-refractivity contribution < 1.29 is 14.3 Å². The first kappa shape index (κ1) is 18.8. The number of aryl methyl sites for hydroxylation is 1. The maximum Gasteiger partial charge on any atom is 0.264 e. The first-order chi connectivity index (χ1) is 13.1. The van der Waals surface area contributed by atoms with Gasteiger partial charge in [0.05, 0.1) is 10.6 Å². The lowest BCUT2D eigenvalue weighted by atomic mass is 10.1. The molecule has 5 nitrogen and oxygen atoms in total. The van der Waals surface area contributed by atoms with Crippen LogP contribution in [0.5, 0.6) is 5.75 Å². The zero-order valence-corrected chi connectivity index (χ0v) is 16.0. The Kier molecular flexibility index (Phi) is 5.98. The molecule has 27 heavy (non-hydrogen) atoms. The molecule has 1 N–H and O–H groups in total. The molecule has 0 aliphatic heterocycles. The molecule has 0 aliphatic rings. The molecule has 0 spiro atoms. The van der Waals surface area contributed by atoms with Gasteiger partial charge in [0, 0.05) is 12.5 Å². The number of carbonyl (C=O) groups excluding carboxylic acids is 2. The van der Waals surface area contributed by atoms with Crippen LogP contribution in [0, 0.1) is 0 Å². The van der Waals surface area contributed by atoms with Gasteiger partial charge in [0.25, 0.3) is 5.91 Å². The zero-order valence-electron chi connectivity index (χ0n) is 15.2. The third-order valence-corrected chi connectivity index (χ3v) is 4.99. The third kappa shape index (κ3) is 4.80. The molecule has 0 unspecified atom stereocenters. The Morgan fingerprint density at radius 1 is 1.11 bits per heavy atom. The number of nitrogens with zero attached hydrogens (tertiary/aromatic N) is 1. The lowest BCUT2D eigenvalue weighted by Gasteiger charge is -2.07. The lowest BCUT2D eigenvalue weighted by molar-refractivity contribution is -0.118. The quantitative estimate of drug-likeness (QED) is 0.609. The number of hydrogen-bond acceptors (Lipinski definition) is 5. The van der Waals surface area contributed by atoms with Gasteiger partial charge in [-0.3, -0.25) is 14.9 Å². The van der Waals surface area contributed by atoms with Crippen LogP contribution in [-0.4, -0.2) is 23.3 Å². The molecule has 138 valence electrons. The topological polar surface area (TPSA) is 68.3 Å². The minimum atomic E-state index is -0.319. The van der Waals surface area contributed by atoms with Crippen LogP contribution in [0.25, 0.3) is 11.3 Å². The van der Waals surface area contributed by atoms with E-state index in [1.54, 1.807) is 0 Å². The van der Waals surface area contributed by atoms with E-state index < -0.39 is 0 Å². The van der Waals surface area contributed by atoms with E-state index in [1.165, 1.54) is 18.3 Å². The summed E-state index contributed by atoms with van der Waals surface area (Å²) in [6, 6.07) is 17.1. The summed E-state index contributed by atoms with van der Waals surface area (Å²) in [5.41, 5.74) is 2.57. The highest BCUT2D eigenvalue weighted by Gasteiger charge is 2.18. The number of nitrogens with one attached hydrogen (secondary N) is 1. The largest absolute Gasteiger partial charge is 0.484 e. The molecule has 1 amide bonds. The van der Waals surface area contributed by atoms with Crippen LogP contribution < -0.4 is 10.1 Å². The molecule has 3 aromatic rings. The van der Waals surface area contributed by atoms with E-state index in [-0.39, 0.29) is 18.3 Å². The summed E-state index contributed by atoms with van der Waals surface area (Å²) >= 11 is 1.17. The van der Waals surface area contributed by atoms with Gasteiger partial charge in [0.1, 0.15) is 5.75 Å². The highest BCUT2D eigenvalue weighted by atomic mass is 32.1. The molecule has 0 bridgehead atoms. The number of anilines is 1. The Morgan fingerprint density at radius 3 is 2.59 bits per heavy atom. The SMILES string of the molecule is CCc1cccc(OCC(=O)Nc2nc(-c3ccccc3)c(C(C)=O)s2)c1. The number of benzene rings is 2. The van der Waals surface area contributed by atoms with Crippen molar-refractivity contribution in [3.05, 3.63) is 65.0 Å². The van der Waals surface area contributed by atoms with Crippen LogP contribution in [0.15, 0.2) is 54.6 Å². The number of ether oxygens (including phenoxy) is 1. The number of Topliss-reactive ketones (excluding diaryl/α,β-unsaturated/α-hetero) is 1. The summed E-state index contributed by atoms with van der Waals surface area (Å²) < 4.78 is 5.55. The van der Waals surface area contributed by atoms with Crippen LogP contribution in [0.3, 0.4) is 0 Å². The Hall–Kier alpha value is -2.99. The lowest BCUT2D eigenvalue weighted by Crippen LogP contribution is -2.20. The molecule has 6 heteroatoms. The van der Waals surface area contributed by atoms with Crippen LogP contribution in [-0.2, 0) is 11.2 Å². The van der Waals surface area contributed by atoms with Crippen molar-refractivity contribution >= 4 is 28.2 Å². The van der Waals surface area contributed by atoms with Crippen molar-refractivity contribution in [2.45, 2.75) is 20.3 Å². The molecule has 2 aromatic carbocycles. The average molecular weight is 380 g/mol. The van der Waals surface area contributed by atoms with E-state index in [1.807, 2.05) is 54.6 Å². The molecule has 0 saturated heterocycles. The van der Waals surface area contributed by atoms with E-state index in [4.69, 9.17) is 4.74 Å². The fraction of sp³-hybridized carbons (Fsp3) is 0.190. The predicted octanol–water partition coefficient (Wildman–Crippen LogP) is 4.59. The maximum absolute atomic E-state index is 12.2. The van der Waals surface area contributed by atoms with Gasteiger partial charge in [0.2, 0.25) is 0 Å². The number of amides is 1. The van der Waals surface area contributed by atoms with E-state index >= 15 is 0 Å². The summed E-state index contributed by atoms with van der Waals surface area (Å²) in [5, 5.41) is 3.10. The highest BCUT2D eigenvalue weighted by molar-refractivity contribution is 7.18. The van der Waals surface area contributed by atoms with Crippen molar-refractivity contribution in [2.24, 2.45) is 0 Å². The number of hydrogen-bond donors (Lipinski definition) is 1. The number of rotatable bonds is 7. The monoisotopic (exact) mass is 380 g/mol. The molecule has 1 aromatic heterocycles. The standard InChI is InChI=1S/C21H20N2O3S/c1-3-15-8-7-11-17(12-15)26-13-18(25)22-21-23-19(20(27-21)14(2)24)16-9-5-4-6-10-16/h4-12H,3,13H2,1-2H3,(H,22,23,25). The minimum absolute atomic E-state index is 0.0838. The molecule has 0 saturated carbocycles. The van der Waals surface area contributed by atoms with E-state index in [0.29, 0.717) is 21.5 Å². The van der Waals surface area contributed by atoms with Crippen LogP contribution >= 0.6 is 11.3 Å². The number of thiazole rings is 1. The van der Waals surface area contributed by atoms with Gasteiger partial charge in [-0.15, -0.1) is 0 Å². The molecule has 0 fully saturated rings. The Bertz CT molecular complexity index is 951. The maximum atomic E-state index is 12.2. The van der Waals surface area contributed by atoms with Gasteiger partial charge in [-0.25, -0.2) is 4.98 Å². The Balaban J connectivity index is 1.70. The van der Waals surface area contributed by atoms with Gasteiger partial charge in [0.15, 0.2) is 17.5 Å². The second-order valence-corrected chi connectivity index (χ2v) is 6.96. The number of carbonyl (C=O) groups is 2. The van der Waals surface area contributed by atoms with Crippen molar-refractivity contribution in [2.75, 3.05) is 11.9 Å². The van der Waals surface area contributed by atoms with Crippen LogP contribution in [0.4, 0.5) is 5.13 Å². The van der Waals surface area contributed by atoms with Crippen molar-refractivity contribution in [1.29, 1.82) is 0 Å². The Labute approximate surface area is 162 Å². The van der Waals surface area contributed by atoms with Gasteiger partial charge in [-0.2, -0.15) is 0 Å². The molecule has 0 aliphatic carbocycles. The second-order valence-electron chi connectivity index (χ2n) is 5.96. The van der Waals surface area contributed by atoms with Crippen molar-refractivity contribution in [3.8, 4) is 17.0 Å². The average Bonchev–Trinajstić information content (AvgIpc) is 3.11. The zero-order chi connectivity index (χ0) is 19.2. The van der Waals surface area contributed by atoms with Crippen molar-refractivity contribution in [1.82, 2.24) is 4.98 Å². The first-order valence-corrected chi connectivity index (χ1v) is 9.47. The van der Waals surface area contributed by atoms with Gasteiger partial charge in [-0.05, 0) is 24.1 Å². The summed E-state index contributed by atoms with van der Waals surface area (Å²) in [6.07, 6.45) is 0.901. The first-order valence-electron chi connectivity index (χ1n) is 8.65. The molecule has 0 radical (unpaired) electrons. The number of aromatic nitrogens is 1. The predicted molar refractivity (Wildman–Crippen MR) is 107 cm³/mol. The van der Waals surface area contributed by atoms with Crippen LogP contribution in [0.2, 0.25) is 0 Å². The van der Waals surface area contributed by atoms with E-state index in [9.17, 15) is 9.59 Å². The van der Waals surface area contributed by atoms with Crippen LogP contribution in [0.1, 0.15) is 29.1 Å². The summed E-state index contributed by atoms with van der Waals surface area (Å²) in [7, 11) is 0. The fourth-order valence-electron chi connectivity index (χ4n) is 2.56. The van der Waals surface area contributed by atoms with Crippen molar-refractivity contribution in [3.63, 3.8) is 0 Å². The molecule has 3 rings (SSSR count). The number of ketones is 1. The molecule has 0 atom stereocenters. The summed E-state index contributed by atoms with van der Waals surface area (Å²) in [5.74, 6) is 0.248. The normalized spacial score (nSPS) is 10.4. The smallest absolute Gasteiger partial charge is 0.264 e. The van der Waals surface area contributed by atoms with Gasteiger partial charge in [-0.1, -0.05) is 60.7 Å². The molecular formula is C21H20N2O3S. The summed E-state index contributed by atoms with van der Waals surface area (Å²) in [4.78, 5) is 29.1.